The zero-order chi connectivity index (χ0) is 13.3. The van der Waals surface area contributed by atoms with Crippen LogP contribution in [-0.4, -0.2) is 12.0 Å². The average molecular weight is 252 g/mol. The fourth-order valence-electron chi connectivity index (χ4n) is 1.14. The fraction of sp³-hybridized carbons (Fsp3) is 0.200. The van der Waals surface area contributed by atoms with Gasteiger partial charge < -0.3 is 5.41 Å². The third kappa shape index (κ3) is 3.10. The summed E-state index contributed by atoms with van der Waals surface area (Å²) in [6.45, 7) is 0. The lowest BCUT2D eigenvalue weighted by molar-refractivity contribution is -0.137. The zero-order valence-electron chi connectivity index (χ0n) is 8.02. The van der Waals surface area contributed by atoms with Crippen LogP contribution in [0.1, 0.15) is 11.1 Å². The van der Waals surface area contributed by atoms with Crippen molar-refractivity contribution >= 4 is 11.4 Å². The number of benzene rings is 1. The van der Waals surface area contributed by atoms with E-state index in [4.69, 9.17) is 5.41 Å². The summed E-state index contributed by atoms with van der Waals surface area (Å²) in [5.41, 5.74) is -3.68. The molecule has 1 aromatic carbocycles. The van der Waals surface area contributed by atoms with Crippen LogP contribution >= 0.6 is 0 Å². The molecule has 7 heteroatoms. The van der Waals surface area contributed by atoms with Gasteiger partial charge in [-0.3, -0.25) is 5.87 Å². The number of rotatable bonds is 1. The third-order valence-electron chi connectivity index (χ3n) is 1.87. The Labute approximate surface area is 91.9 Å². The number of hydrogen-bond acceptors (Lipinski definition) is 0. The summed E-state index contributed by atoms with van der Waals surface area (Å²) in [6, 6.07) is 2.56. The predicted octanol–water partition coefficient (Wildman–Crippen LogP) is 3.89. The zero-order valence-corrected chi connectivity index (χ0v) is 8.02. The number of allylic oxidation sites excluding steroid dienone is 1. The largest absolute Gasteiger partial charge is 0.763 e. The molecule has 0 aliphatic rings. The molecular formula is C10H4F6N-. The van der Waals surface area contributed by atoms with E-state index in [1.807, 2.05) is 0 Å². The molecule has 0 aliphatic heterocycles. The highest BCUT2D eigenvalue weighted by Gasteiger charge is 2.36. The molecule has 0 saturated carbocycles. The summed E-state index contributed by atoms with van der Waals surface area (Å²) in [6.07, 6.45) is -9.72. The quantitative estimate of drug-likeness (QED) is 0.534. The Balaban J connectivity index is 3.30. The summed E-state index contributed by atoms with van der Waals surface area (Å²) in [7, 11) is 0. The van der Waals surface area contributed by atoms with Crippen molar-refractivity contribution in [2.45, 2.75) is 12.4 Å². The van der Waals surface area contributed by atoms with Gasteiger partial charge in [-0.15, -0.1) is 0 Å². The molecule has 0 atom stereocenters. The van der Waals surface area contributed by atoms with Crippen molar-refractivity contribution in [1.82, 2.24) is 0 Å². The van der Waals surface area contributed by atoms with Gasteiger partial charge in [0.05, 0.1) is 11.1 Å². The summed E-state index contributed by atoms with van der Waals surface area (Å²) < 4.78 is 73.7. The van der Waals surface area contributed by atoms with Crippen molar-refractivity contribution in [2.75, 3.05) is 0 Å². The Morgan fingerprint density at radius 3 is 2.06 bits per heavy atom. The van der Waals surface area contributed by atoms with Crippen molar-refractivity contribution in [3.8, 4) is 0 Å². The smallest absolute Gasteiger partial charge is 0.422 e. The van der Waals surface area contributed by atoms with E-state index in [0.717, 1.165) is 18.0 Å². The van der Waals surface area contributed by atoms with Crippen LogP contribution in [0, 0.1) is 0 Å². The first-order chi connectivity index (χ1) is 7.66. The fourth-order valence-corrected chi connectivity index (χ4v) is 1.14. The van der Waals surface area contributed by atoms with Crippen LogP contribution < -0.4 is 0 Å². The molecule has 0 fully saturated rings. The maximum Gasteiger partial charge on any atom is 0.422 e. The first-order valence-corrected chi connectivity index (χ1v) is 4.18. The van der Waals surface area contributed by atoms with Crippen LogP contribution in [0.15, 0.2) is 24.3 Å². The van der Waals surface area contributed by atoms with Crippen LogP contribution in [-0.2, 0) is 6.18 Å². The molecule has 0 bridgehead atoms. The van der Waals surface area contributed by atoms with Crippen molar-refractivity contribution < 1.29 is 26.3 Å². The van der Waals surface area contributed by atoms with E-state index in [2.05, 4.69) is 0 Å². The van der Waals surface area contributed by atoms with E-state index >= 15 is 0 Å². The number of alkyl halides is 6. The Morgan fingerprint density at radius 1 is 1.06 bits per heavy atom. The maximum atomic E-state index is 12.3. The van der Waals surface area contributed by atoms with Crippen molar-refractivity contribution in [1.29, 1.82) is 0 Å². The van der Waals surface area contributed by atoms with Crippen molar-refractivity contribution in [3.05, 3.63) is 40.8 Å². The summed E-state index contributed by atoms with van der Waals surface area (Å²) >= 11 is 0. The lowest BCUT2D eigenvalue weighted by Gasteiger charge is -2.13. The Kier molecular flexibility index (Phi) is 3.33. The van der Waals surface area contributed by atoms with E-state index in [-0.39, 0.29) is 0 Å². The van der Waals surface area contributed by atoms with Gasteiger partial charge in [0.1, 0.15) is 0 Å². The van der Waals surface area contributed by atoms with Crippen molar-refractivity contribution in [3.63, 3.8) is 0 Å². The highest BCUT2D eigenvalue weighted by atomic mass is 19.4. The standard InChI is InChI=1S/C10H4F6N/c11-9(12,13)7-3-1-2-6(4-7)8(5-17)10(14,15)16/h1-4H/q-1. The second-order valence-electron chi connectivity index (χ2n) is 3.06. The van der Waals surface area contributed by atoms with Gasteiger partial charge in [0, 0.05) is 0 Å². The molecule has 1 nitrogen and oxygen atoms in total. The first-order valence-electron chi connectivity index (χ1n) is 4.18. The van der Waals surface area contributed by atoms with Crippen LogP contribution in [0.4, 0.5) is 26.3 Å². The normalized spacial score (nSPS) is 12.1. The minimum absolute atomic E-state index is 0.298. The summed E-state index contributed by atoms with van der Waals surface area (Å²) in [5.74, 6) is 0.861. The maximum absolute atomic E-state index is 12.3. The van der Waals surface area contributed by atoms with Crippen LogP contribution in [0.25, 0.3) is 11.0 Å². The molecular weight excluding hydrogens is 248 g/mol. The molecule has 1 aromatic rings. The SMILES string of the molecule is [N-]=C=C(c1cccc(C(F)(F)F)c1)C(F)(F)F. The van der Waals surface area contributed by atoms with Crippen LogP contribution in [0.3, 0.4) is 0 Å². The van der Waals surface area contributed by atoms with Gasteiger partial charge in [0.15, 0.2) is 0 Å². The van der Waals surface area contributed by atoms with Gasteiger partial charge >= 0.3 is 12.4 Å². The first kappa shape index (κ1) is 13.3. The predicted molar refractivity (Wildman–Crippen MR) is 49.3 cm³/mol. The lowest BCUT2D eigenvalue weighted by atomic mass is 10.0. The molecule has 0 unspecified atom stereocenters. The molecule has 0 N–H and O–H groups in total. The average Bonchev–Trinajstić information content (AvgIpc) is 2.15. The Hall–Kier alpha value is -1.75. The summed E-state index contributed by atoms with van der Waals surface area (Å²) in [4.78, 5) is 0. The second-order valence-corrected chi connectivity index (χ2v) is 3.06. The minimum atomic E-state index is -4.97. The van der Waals surface area contributed by atoms with E-state index in [1.54, 1.807) is 0 Å². The van der Waals surface area contributed by atoms with Crippen LogP contribution in [0.2, 0.25) is 0 Å². The highest BCUT2D eigenvalue weighted by molar-refractivity contribution is 5.93. The molecule has 0 heterocycles. The molecule has 0 aliphatic carbocycles. The number of halogens is 6. The van der Waals surface area contributed by atoms with Gasteiger partial charge in [-0.05, 0) is 17.7 Å². The van der Waals surface area contributed by atoms with E-state index < -0.39 is 29.1 Å². The molecule has 92 valence electrons. The van der Waals surface area contributed by atoms with Gasteiger partial charge in [-0.25, -0.2) is 0 Å². The van der Waals surface area contributed by atoms with Gasteiger partial charge in [0.25, 0.3) is 0 Å². The Bertz CT molecular complexity index is 464. The third-order valence-corrected chi connectivity index (χ3v) is 1.87. The molecule has 0 saturated heterocycles. The molecule has 0 spiro atoms. The molecule has 0 amide bonds. The van der Waals surface area contributed by atoms with Gasteiger partial charge in [-0.2, -0.15) is 26.3 Å². The van der Waals surface area contributed by atoms with Crippen molar-refractivity contribution in [2.24, 2.45) is 0 Å². The van der Waals surface area contributed by atoms with Gasteiger partial charge in [0.2, 0.25) is 0 Å². The second kappa shape index (κ2) is 4.25. The van der Waals surface area contributed by atoms with Crippen LogP contribution in [0.5, 0.6) is 0 Å². The van der Waals surface area contributed by atoms with E-state index in [9.17, 15) is 26.3 Å². The number of hydrogen-bond donors (Lipinski definition) is 0. The molecule has 1 rings (SSSR count). The van der Waals surface area contributed by atoms with E-state index in [1.165, 1.54) is 0 Å². The topological polar surface area (TPSA) is 22.3 Å². The molecule has 0 aromatic heterocycles. The minimum Gasteiger partial charge on any atom is -0.763 e. The number of nitrogens with zero attached hydrogens (tertiary/aromatic N) is 1. The molecule has 17 heavy (non-hydrogen) atoms. The highest BCUT2D eigenvalue weighted by Crippen LogP contribution is 2.35. The molecule has 0 radical (unpaired) electrons. The lowest BCUT2D eigenvalue weighted by Crippen LogP contribution is -2.12. The van der Waals surface area contributed by atoms with Gasteiger partial charge in [-0.1, -0.05) is 12.1 Å². The summed E-state index contributed by atoms with van der Waals surface area (Å²) in [5, 5.41) is 8.32. The monoisotopic (exact) mass is 252 g/mol. The van der Waals surface area contributed by atoms with E-state index in [0.29, 0.717) is 12.1 Å². The Morgan fingerprint density at radius 2 is 1.65 bits per heavy atom.